The highest BCUT2D eigenvalue weighted by molar-refractivity contribution is 6.17. The van der Waals surface area contributed by atoms with Crippen LogP contribution in [0, 0.1) is 17.0 Å². The van der Waals surface area contributed by atoms with E-state index in [1.165, 1.54) is 42.5 Å². The zero-order chi connectivity index (χ0) is 27.9. The lowest BCUT2D eigenvalue weighted by Crippen LogP contribution is -2.35. The Balaban J connectivity index is 1.35. The van der Waals surface area contributed by atoms with E-state index < -0.39 is 34.8 Å². The molecule has 8 nitrogen and oxygen atoms in total. The molecule has 1 heterocycles. The Morgan fingerprint density at radius 3 is 2.10 bits per heavy atom. The van der Waals surface area contributed by atoms with Gasteiger partial charge in [-0.1, -0.05) is 6.07 Å². The topological polar surface area (TPSA) is 116 Å². The van der Waals surface area contributed by atoms with Crippen LogP contribution in [0.25, 0.3) is 11.1 Å². The summed E-state index contributed by atoms with van der Waals surface area (Å²) in [6.07, 6.45) is 0.659. The molecule has 0 spiro atoms. The van der Waals surface area contributed by atoms with Crippen LogP contribution >= 0.6 is 0 Å². The molecule has 4 amide bonds. The van der Waals surface area contributed by atoms with Gasteiger partial charge in [-0.25, -0.2) is 8.78 Å². The molecular formula is C29H26F2N4O4. The van der Waals surface area contributed by atoms with Gasteiger partial charge in [0.25, 0.3) is 11.8 Å². The summed E-state index contributed by atoms with van der Waals surface area (Å²) >= 11 is 0. The molecule has 0 unspecified atom stereocenters. The van der Waals surface area contributed by atoms with E-state index in [-0.39, 0.29) is 40.9 Å². The van der Waals surface area contributed by atoms with Crippen molar-refractivity contribution < 1.29 is 28.0 Å². The van der Waals surface area contributed by atoms with E-state index in [1.54, 1.807) is 6.07 Å². The standard InChI is InChI=1S/C29H26F2N4O4/c1-15(2)33-25(36)21-10-9-19(22-14-32-26(37)24(21)22)20-8-7-18(13-23(20)31)35-28(39)29(11-12-29)27(38)34-17-5-3-16(30)4-6-17/h3-10,13,15H,11-12,14H2,1-2H3,(H,32,37)(H,33,36)(H,34,38)(H,35,39). The van der Waals surface area contributed by atoms with Crippen molar-refractivity contribution in [2.45, 2.75) is 39.3 Å². The second-order valence-electron chi connectivity index (χ2n) is 10.0. The molecule has 3 aromatic carbocycles. The molecule has 1 fully saturated rings. The largest absolute Gasteiger partial charge is 0.350 e. The predicted molar refractivity (Wildman–Crippen MR) is 141 cm³/mol. The number of anilines is 2. The van der Waals surface area contributed by atoms with E-state index in [9.17, 15) is 23.6 Å². The maximum absolute atomic E-state index is 15.3. The first-order chi connectivity index (χ1) is 18.6. The minimum absolute atomic E-state index is 0.124. The van der Waals surface area contributed by atoms with Crippen LogP contribution in [0.15, 0.2) is 54.6 Å². The molecule has 0 radical (unpaired) electrons. The Bertz CT molecular complexity index is 1510. The monoisotopic (exact) mass is 532 g/mol. The molecule has 1 aliphatic carbocycles. The van der Waals surface area contributed by atoms with Crippen LogP contribution in [0.5, 0.6) is 0 Å². The van der Waals surface area contributed by atoms with Crippen molar-refractivity contribution in [1.29, 1.82) is 0 Å². The van der Waals surface area contributed by atoms with E-state index in [1.807, 2.05) is 13.8 Å². The van der Waals surface area contributed by atoms with Gasteiger partial charge in [0.15, 0.2) is 0 Å². The first kappa shape index (κ1) is 26.0. The van der Waals surface area contributed by atoms with Crippen LogP contribution in [0.3, 0.4) is 0 Å². The third kappa shape index (κ3) is 4.97. The van der Waals surface area contributed by atoms with Gasteiger partial charge in [-0.05, 0) is 86.3 Å². The van der Waals surface area contributed by atoms with Gasteiger partial charge in [-0.3, -0.25) is 19.2 Å². The molecule has 200 valence electrons. The molecule has 1 aliphatic heterocycles. The van der Waals surface area contributed by atoms with Crippen LogP contribution in [0.1, 0.15) is 53.0 Å². The quantitative estimate of drug-likeness (QED) is 0.338. The molecule has 0 atom stereocenters. The number of carbonyl (C=O) groups is 4. The lowest BCUT2D eigenvalue weighted by Gasteiger charge is -2.17. The maximum atomic E-state index is 15.3. The van der Waals surface area contributed by atoms with E-state index in [4.69, 9.17) is 0 Å². The highest BCUT2D eigenvalue weighted by atomic mass is 19.1. The molecule has 10 heteroatoms. The van der Waals surface area contributed by atoms with Gasteiger partial charge < -0.3 is 21.3 Å². The average Bonchev–Trinajstić information content (AvgIpc) is 3.62. The molecule has 0 saturated heterocycles. The van der Waals surface area contributed by atoms with Crippen LogP contribution < -0.4 is 21.3 Å². The summed E-state index contributed by atoms with van der Waals surface area (Å²) in [6, 6.07) is 12.3. The smallest absolute Gasteiger partial charge is 0.252 e. The summed E-state index contributed by atoms with van der Waals surface area (Å²) in [5.74, 6) is -2.96. The van der Waals surface area contributed by atoms with E-state index >= 15 is 4.39 Å². The minimum atomic E-state index is -1.29. The molecule has 4 N–H and O–H groups in total. The van der Waals surface area contributed by atoms with Crippen LogP contribution in [-0.2, 0) is 16.1 Å². The van der Waals surface area contributed by atoms with Gasteiger partial charge in [0, 0.05) is 29.5 Å². The summed E-state index contributed by atoms with van der Waals surface area (Å²) in [4.78, 5) is 50.9. The first-order valence-corrected chi connectivity index (χ1v) is 12.5. The van der Waals surface area contributed by atoms with Gasteiger partial charge in [0.05, 0.1) is 11.1 Å². The van der Waals surface area contributed by atoms with Crippen LogP contribution in [0.2, 0.25) is 0 Å². The molecule has 3 aromatic rings. The Labute approximate surface area is 223 Å². The number of hydrogen-bond donors (Lipinski definition) is 4. The summed E-state index contributed by atoms with van der Waals surface area (Å²) < 4.78 is 28.5. The van der Waals surface area contributed by atoms with Gasteiger partial charge in [0.2, 0.25) is 11.8 Å². The fourth-order valence-electron chi connectivity index (χ4n) is 4.66. The van der Waals surface area contributed by atoms with Crippen molar-refractivity contribution in [3.8, 4) is 11.1 Å². The van der Waals surface area contributed by atoms with Gasteiger partial charge >= 0.3 is 0 Å². The van der Waals surface area contributed by atoms with E-state index in [0.29, 0.717) is 29.7 Å². The number of fused-ring (bicyclic) bond motifs is 1. The number of hydrogen-bond acceptors (Lipinski definition) is 4. The van der Waals surface area contributed by atoms with Crippen molar-refractivity contribution >= 4 is 35.0 Å². The van der Waals surface area contributed by atoms with Crippen molar-refractivity contribution in [3.05, 3.63) is 82.9 Å². The Kier molecular flexibility index (Phi) is 6.63. The predicted octanol–water partition coefficient (Wildman–Crippen LogP) is 4.37. The van der Waals surface area contributed by atoms with Crippen LogP contribution in [-0.4, -0.2) is 29.7 Å². The van der Waals surface area contributed by atoms with E-state index in [0.717, 1.165) is 6.07 Å². The highest BCUT2D eigenvalue weighted by Gasteiger charge is 2.56. The second-order valence-corrected chi connectivity index (χ2v) is 10.0. The first-order valence-electron chi connectivity index (χ1n) is 12.5. The SMILES string of the molecule is CC(C)NC(=O)c1ccc(-c2ccc(NC(=O)C3(C(=O)Nc4ccc(F)cc4)CC3)cc2F)c2c1C(=O)NC2. The number of benzene rings is 3. The number of amides is 4. The number of nitrogens with one attached hydrogen (secondary N) is 4. The Hall–Kier alpha value is -4.60. The van der Waals surface area contributed by atoms with Crippen LogP contribution in [0.4, 0.5) is 20.2 Å². The fourth-order valence-corrected chi connectivity index (χ4v) is 4.66. The van der Waals surface area contributed by atoms with Crippen molar-refractivity contribution in [1.82, 2.24) is 10.6 Å². The normalized spacial score (nSPS) is 14.8. The van der Waals surface area contributed by atoms with Crippen molar-refractivity contribution in [3.63, 3.8) is 0 Å². The fraction of sp³-hybridized carbons (Fsp3) is 0.241. The molecule has 5 rings (SSSR count). The van der Waals surface area contributed by atoms with Gasteiger partial charge in [-0.15, -0.1) is 0 Å². The number of rotatable bonds is 7. The molecule has 0 aromatic heterocycles. The molecule has 39 heavy (non-hydrogen) atoms. The lowest BCUT2D eigenvalue weighted by molar-refractivity contribution is -0.131. The van der Waals surface area contributed by atoms with Crippen molar-refractivity contribution in [2.75, 3.05) is 10.6 Å². The summed E-state index contributed by atoms with van der Waals surface area (Å²) in [5, 5.41) is 10.7. The molecule has 2 aliphatic rings. The van der Waals surface area contributed by atoms with E-state index in [2.05, 4.69) is 21.3 Å². The Morgan fingerprint density at radius 2 is 1.49 bits per heavy atom. The Morgan fingerprint density at radius 1 is 0.872 bits per heavy atom. The molecule has 1 saturated carbocycles. The molecular weight excluding hydrogens is 506 g/mol. The summed E-state index contributed by atoms with van der Waals surface area (Å²) in [7, 11) is 0. The third-order valence-electron chi connectivity index (χ3n) is 6.87. The zero-order valence-electron chi connectivity index (χ0n) is 21.3. The average molecular weight is 533 g/mol. The zero-order valence-corrected chi connectivity index (χ0v) is 21.3. The number of carbonyl (C=O) groups excluding carboxylic acids is 4. The van der Waals surface area contributed by atoms with Gasteiger partial charge in [-0.2, -0.15) is 0 Å². The summed E-state index contributed by atoms with van der Waals surface area (Å²) in [5.41, 5.74) is 0.846. The molecule has 0 bridgehead atoms. The third-order valence-corrected chi connectivity index (χ3v) is 6.87. The van der Waals surface area contributed by atoms with Crippen molar-refractivity contribution in [2.24, 2.45) is 5.41 Å². The maximum Gasteiger partial charge on any atom is 0.252 e. The minimum Gasteiger partial charge on any atom is -0.350 e. The second kappa shape index (κ2) is 9.94. The number of halogens is 2. The van der Waals surface area contributed by atoms with Gasteiger partial charge in [0.1, 0.15) is 17.0 Å². The summed E-state index contributed by atoms with van der Waals surface area (Å²) in [6.45, 7) is 3.77. The lowest BCUT2D eigenvalue weighted by atomic mass is 9.92. The highest BCUT2D eigenvalue weighted by Crippen LogP contribution is 2.47.